The Morgan fingerprint density at radius 1 is 1.00 bits per heavy atom. The van der Waals surface area contributed by atoms with Gasteiger partial charge >= 0.3 is 0 Å². The molecule has 1 aliphatic carbocycles. The lowest BCUT2D eigenvalue weighted by molar-refractivity contribution is 0.281. The Hall–Kier alpha value is -0.860. The molecular formula is C17H26N2. The molecule has 2 aliphatic rings. The lowest BCUT2D eigenvalue weighted by atomic mass is 10.0. The summed E-state index contributed by atoms with van der Waals surface area (Å²) in [6.07, 6.45) is 8.09. The van der Waals surface area contributed by atoms with E-state index in [1.165, 1.54) is 64.7 Å². The SMILES string of the molecule is c1ccc2c(c1)CCN(CCNC1CCCC1)CC2. The van der Waals surface area contributed by atoms with Gasteiger partial charge in [-0.05, 0) is 36.8 Å². The van der Waals surface area contributed by atoms with Crippen molar-refractivity contribution < 1.29 is 0 Å². The van der Waals surface area contributed by atoms with Crippen LogP contribution in [0, 0.1) is 0 Å². The topological polar surface area (TPSA) is 15.3 Å². The molecule has 0 unspecified atom stereocenters. The average molecular weight is 258 g/mol. The zero-order chi connectivity index (χ0) is 12.9. The zero-order valence-electron chi connectivity index (χ0n) is 11.9. The normalized spacial score (nSPS) is 21.3. The largest absolute Gasteiger partial charge is 0.313 e. The van der Waals surface area contributed by atoms with E-state index in [1.807, 2.05) is 0 Å². The Kier molecular flexibility index (Phi) is 4.52. The van der Waals surface area contributed by atoms with Crippen LogP contribution in [-0.2, 0) is 12.8 Å². The number of nitrogens with one attached hydrogen (secondary N) is 1. The van der Waals surface area contributed by atoms with Gasteiger partial charge in [-0.3, -0.25) is 0 Å². The van der Waals surface area contributed by atoms with E-state index < -0.39 is 0 Å². The van der Waals surface area contributed by atoms with Gasteiger partial charge in [0.15, 0.2) is 0 Å². The quantitative estimate of drug-likeness (QED) is 0.893. The van der Waals surface area contributed by atoms with Crippen molar-refractivity contribution in [2.24, 2.45) is 0 Å². The number of nitrogens with zero attached hydrogens (tertiary/aromatic N) is 1. The van der Waals surface area contributed by atoms with Gasteiger partial charge in [0.2, 0.25) is 0 Å². The van der Waals surface area contributed by atoms with Gasteiger partial charge in [0.25, 0.3) is 0 Å². The molecule has 1 aliphatic heterocycles. The Labute approximate surface area is 117 Å². The summed E-state index contributed by atoms with van der Waals surface area (Å²) in [5, 5.41) is 3.73. The summed E-state index contributed by atoms with van der Waals surface area (Å²) in [7, 11) is 0. The molecule has 0 saturated heterocycles. The summed E-state index contributed by atoms with van der Waals surface area (Å²) in [6, 6.07) is 9.77. The Morgan fingerprint density at radius 2 is 1.63 bits per heavy atom. The van der Waals surface area contributed by atoms with Gasteiger partial charge in [-0.25, -0.2) is 0 Å². The Bertz CT molecular complexity index is 369. The van der Waals surface area contributed by atoms with Crippen LogP contribution < -0.4 is 5.32 Å². The molecule has 0 atom stereocenters. The predicted molar refractivity (Wildman–Crippen MR) is 80.5 cm³/mol. The fourth-order valence-electron chi connectivity index (χ4n) is 3.49. The molecule has 3 rings (SSSR count). The smallest absolute Gasteiger partial charge is 0.0107 e. The summed E-state index contributed by atoms with van der Waals surface area (Å²) < 4.78 is 0. The van der Waals surface area contributed by atoms with Gasteiger partial charge < -0.3 is 10.2 Å². The molecule has 0 amide bonds. The van der Waals surface area contributed by atoms with Crippen LogP contribution in [-0.4, -0.2) is 37.1 Å². The van der Waals surface area contributed by atoms with Crippen LogP contribution in [0.4, 0.5) is 0 Å². The highest BCUT2D eigenvalue weighted by molar-refractivity contribution is 5.28. The van der Waals surface area contributed by atoms with Crippen molar-refractivity contribution in [3.8, 4) is 0 Å². The Morgan fingerprint density at radius 3 is 2.26 bits per heavy atom. The van der Waals surface area contributed by atoms with Crippen molar-refractivity contribution in [1.29, 1.82) is 0 Å². The summed E-state index contributed by atoms with van der Waals surface area (Å²) in [4.78, 5) is 2.63. The molecule has 104 valence electrons. The fourth-order valence-corrected chi connectivity index (χ4v) is 3.49. The van der Waals surface area contributed by atoms with Crippen LogP contribution in [0.1, 0.15) is 36.8 Å². The van der Waals surface area contributed by atoms with Gasteiger partial charge in [-0.15, -0.1) is 0 Å². The minimum absolute atomic E-state index is 0.809. The van der Waals surface area contributed by atoms with E-state index in [2.05, 4.69) is 34.5 Å². The summed E-state index contributed by atoms with van der Waals surface area (Å²) >= 11 is 0. The van der Waals surface area contributed by atoms with E-state index >= 15 is 0 Å². The van der Waals surface area contributed by atoms with Crippen LogP contribution in [0.15, 0.2) is 24.3 Å². The molecule has 1 N–H and O–H groups in total. The number of fused-ring (bicyclic) bond motifs is 1. The predicted octanol–water partition coefficient (Wildman–Crippen LogP) is 2.62. The Balaban J connectivity index is 1.43. The third-order valence-electron chi connectivity index (χ3n) is 4.73. The first-order valence-electron chi connectivity index (χ1n) is 7.94. The van der Waals surface area contributed by atoms with Crippen molar-refractivity contribution in [1.82, 2.24) is 10.2 Å². The van der Waals surface area contributed by atoms with Crippen LogP contribution in [0.5, 0.6) is 0 Å². The molecule has 1 saturated carbocycles. The van der Waals surface area contributed by atoms with E-state index in [0.29, 0.717) is 0 Å². The highest BCUT2D eigenvalue weighted by Crippen LogP contribution is 2.18. The molecule has 1 aromatic carbocycles. The number of hydrogen-bond donors (Lipinski definition) is 1. The van der Waals surface area contributed by atoms with Gasteiger partial charge in [0.1, 0.15) is 0 Å². The standard InChI is InChI=1S/C17H26N2/c1-2-6-16-10-13-19(12-9-15(16)5-1)14-11-18-17-7-3-4-8-17/h1-2,5-6,17-18H,3-4,7-14H2. The molecule has 0 bridgehead atoms. The third-order valence-corrected chi connectivity index (χ3v) is 4.73. The molecular weight excluding hydrogens is 232 g/mol. The van der Waals surface area contributed by atoms with Crippen molar-refractivity contribution in [3.63, 3.8) is 0 Å². The lowest BCUT2D eigenvalue weighted by Gasteiger charge is -2.21. The van der Waals surface area contributed by atoms with Gasteiger partial charge in [-0.2, -0.15) is 0 Å². The first-order chi connectivity index (χ1) is 9.42. The maximum atomic E-state index is 3.73. The van der Waals surface area contributed by atoms with E-state index in [-0.39, 0.29) is 0 Å². The van der Waals surface area contributed by atoms with Crippen molar-refractivity contribution >= 4 is 0 Å². The number of hydrogen-bond acceptors (Lipinski definition) is 2. The summed E-state index contributed by atoms with van der Waals surface area (Å²) in [6.45, 7) is 4.83. The molecule has 1 aromatic rings. The van der Waals surface area contributed by atoms with E-state index in [9.17, 15) is 0 Å². The molecule has 1 fully saturated rings. The van der Waals surface area contributed by atoms with E-state index in [0.717, 1.165) is 6.04 Å². The number of benzene rings is 1. The lowest BCUT2D eigenvalue weighted by Crippen LogP contribution is -2.37. The highest BCUT2D eigenvalue weighted by Gasteiger charge is 2.16. The van der Waals surface area contributed by atoms with Crippen LogP contribution in [0.25, 0.3) is 0 Å². The number of rotatable bonds is 4. The second-order valence-corrected chi connectivity index (χ2v) is 6.05. The van der Waals surface area contributed by atoms with Crippen LogP contribution >= 0.6 is 0 Å². The summed E-state index contributed by atoms with van der Waals surface area (Å²) in [5.41, 5.74) is 3.13. The van der Waals surface area contributed by atoms with Gasteiger partial charge in [-0.1, -0.05) is 37.1 Å². The first kappa shape index (κ1) is 13.1. The minimum atomic E-state index is 0.809. The first-order valence-corrected chi connectivity index (χ1v) is 7.94. The van der Waals surface area contributed by atoms with Crippen LogP contribution in [0.3, 0.4) is 0 Å². The van der Waals surface area contributed by atoms with Crippen molar-refractivity contribution in [3.05, 3.63) is 35.4 Å². The molecule has 19 heavy (non-hydrogen) atoms. The molecule has 2 heteroatoms. The van der Waals surface area contributed by atoms with E-state index in [1.54, 1.807) is 11.1 Å². The third kappa shape index (κ3) is 3.58. The highest BCUT2D eigenvalue weighted by atomic mass is 15.1. The van der Waals surface area contributed by atoms with Crippen molar-refractivity contribution in [2.75, 3.05) is 26.2 Å². The zero-order valence-corrected chi connectivity index (χ0v) is 11.9. The molecule has 2 nitrogen and oxygen atoms in total. The van der Waals surface area contributed by atoms with Gasteiger partial charge in [0, 0.05) is 32.2 Å². The second-order valence-electron chi connectivity index (χ2n) is 6.05. The van der Waals surface area contributed by atoms with E-state index in [4.69, 9.17) is 0 Å². The van der Waals surface area contributed by atoms with Gasteiger partial charge in [0.05, 0.1) is 0 Å². The monoisotopic (exact) mass is 258 g/mol. The molecule has 0 radical (unpaired) electrons. The fraction of sp³-hybridized carbons (Fsp3) is 0.647. The molecule has 1 heterocycles. The minimum Gasteiger partial charge on any atom is -0.313 e. The molecule has 0 aromatic heterocycles. The van der Waals surface area contributed by atoms with Crippen LogP contribution in [0.2, 0.25) is 0 Å². The summed E-state index contributed by atoms with van der Waals surface area (Å²) in [5.74, 6) is 0. The second kappa shape index (κ2) is 6.53. The average Bonchev–Trinajstić information content (AvgIpc) is 2.87. The maximum Gasteiger partial charge on any atom is 0.0107 e. The van der Waals surface area contributed by atoms with Crippen molar-refractivity contribution in [2.45, 2.75) is 44.6 Å². The molecule has 0 spiro atoms. The maximum absolute atomic E-state index is 3.73.